The topological polar surface area (TPSA) is 55.8 Å². The van der Waals surface area contributed by atoms with Crippen molar-refractivity contribution in [2.45, 2.75) is 18.4 Å². The first-order valence-electron chi connectivity index (χ1n) is 10.8. The van der Waals surface area contributed by atoms with E-state index in [-0.39, 0.29) is 18.1 Å². The number of hydrogen-bond donors (Lipinski definition) is 0. The van der Waals surface area contributed by atoms with Crippen LogP contribution in [0.25, 0.3) is 0 Å². The van der Waals surface area contributed by atoms with Crippen LogP contribution in [0, 0.1) is 11.7 Å². The highest BCUT2D eigenvalue weighted by molar-refractivity contribution is 5.97. The number of rotatable bonds is 7. The lowest BCUT2D eigenvalue weighted by atomic mass is 9.75. The van der Waals surface area contributed by atoms with Crippen molar-refractivity contribution in [3.05, 3.63) is 95.8 Å². The average Bonchev–Trinajstić information content (AvgIpc) is 3.24. The van der Waals surface area contributed by atoms with Crippen molar-refractivity contribution >= 4 is 17.4 Å². The van der Waals surface area contributed by atoms with Crippen LogP contribution >= 0.6 is 0 Å². The van der Waals surface area contributed by atoms with Crippen LogP contribution in [0.15, 0.2) is 78.9 Å². The SMILES string of the molecule is COC(=O)[C@]1(c2ccc(F)cc2)[C@H](CC(=O)c2ccccc2)CCN1c1ccc(OC)cc1. The molecule has 1 fully saturated rings. The fraction of sp³-hybridized carbons (Fsp3) is 0.259. The smallest absolute Gasteiger partial charge is 0.336 e. The van der Waals surface area contributed by atoms with Crippen LogP contribution in [0.4, 0.5) is 10.1 Å². The Labute approximate surface area is 192 Å². The quantitative estimate of drug-likeness (QED) is 0.377. The van der Waals surface area contributed by atoms with Crippen molar-refractivity contribution in [1.82, 2.24) is 0 Å². The van der Waals surface area contributed by atoms with Crippen molar-refractivity contribution in [2.75, 3.05) is 25.7 Å². The van der Waals surface area contributed by atoms with Gasteiger partial charge in [-0.3, -0.25) is 4.79 Å². The molecule has 0 unspecified atom stereocenters. The molecule has 0 radical (unpaired) electrons. The Hall–Kier alpha value is -3.67. The van der Waals surface area contributed by atoms with Gasteiger partial charge >= 0.3 is 5.97 Å². The first kappa shape index (κ1) is 22.5. The zero-order valence-corrected chi connectivity index (χ0v) is 18.7. The van der Waals surface area contributed by atoms with E-state index in [9.17, 15) is 14.0 Å². The van der Waals surface area contributed by atoms with Gasteiger partial charge in [-0.25, -0.2) is 9.18 Å². The number of hydrogen-bond acceptors (Lipinski definition) is 5. The fourth-order valence-corrected chi connectivity index (χ4v) is 4.85. The third kappa shape index (κ3) is 4.09. The molecule has 6 heteroatoms. The van der Waals surface area contributed by atoms with E-state index in [1.807, 2.05) is 47.4 Å². The van der Waals surface area contributed by atoms with Crippen LogP contribution in [0.5, 0.6) is 5.75 Å². The summed E-state index contributed by atoms with van der Waals surface area (Å²) < 4.78 is 24.4. The van der Waals surface area contributed by atoms with E-state index in [1.165, 1.54) is 19.2 Å². The molecular formula is C27H26FNO4. The number of ketones is 1. The van der Waals surface area contributed by atoms with Gasteiger partial charge in [0, 0.05) is 30.1 Å². The standard InChI is InChI=1S/C27H26FNO4/c1-32-24-14-12-23(13-15-24)29-17-16-21(18-25(30)19-6-4-3-5-7-19)27(29,26(31)33-2)20-8-10-22(28)11-9-20/h3-15,21H,16-18H2,1-2H3/t21-,27-/m0/s1. The number of nitrogens with zero attached hydrogens (tertiary/aromatic N) is 1. The predicted molar refractivity (Wildman–Crippen MR) is 124 cm³/mol. The monoisotopic (exact) mass is 447 g/mol. The Morgan fingerprint density at radius 2 is 1.64 bits per heavy atom. The van der Waals surface area contributed by atoms with Crippen molar-refractivity contribution in [1.29, 1.82) is 0 Å². The maximum atomic E-state index is 13.8. The molecule has 0 aliphatic carbocycles. The number of Topliss-reactive ketones (excluding diaryl/α,β-unsaturated/α-hetero) is 1. The number of ether oxygens (including phenoxy) is 2. The summed E-state index contributed by atoms with van der Waals surface area (Å²) in [7, 11) is 2.93. The molecule has 0 aromatic heterocycles. The van der Waals surface area contributed by atoms with E-state index in [0.717, 1.165) is 5.69 Å². The summed E-state index contributed by atoms with van der Waals surface area (Å²) in [6.07, 6.45) is 0.750. The molecule has 5 nitrogen and oxygen atoms in total. The summed E-state index contributed by atoms with van der Waals surface area (Å²) in [6, 6.07) is 22.3. The molecule has 33 heavy (non-hydrogen) atoms. The molecule has 1 aliphatic heterocycles. The molecule has 1 heterocycles. The molecular weight excluding hydrogens is 421 g/mol. The van der Waals surface area contributed by atoms with Gasteiger partial charge in [0.2, 0.25) is 0 Å². The highest BCUT2D eigenvalue weighted by Gasteiger charge is 2.57. The molecule has 1 aliphatic rings. The second kappa shape index (κ2) is 9.45. The van der Waals surface area contributed by atoms with Gasteiger partial charge in [-0.1, -0.05) is 42.5 Å². The summed E-state index contributed by atoms with van der Waals surface area (Å²) in [4.78, 5) is 28.7. The van der Waals surface area contributed by atoms with Crippen LogP contribution < -0.4 is 9.64 Å². The van der Waals surface area contributed by atoms with E-state index >= 15 is 0 Å². The zero-order valence-electron chi connectivity index (χ0n) is 18.7. The van der Waals surface area contributed by atoms with E-state index in [0.29, 0.717) is 29.8 Å². The molecule has 0 bridgehead atoms. The third-order valence-corrected chi connectivity index (χ3v) is 6.41. The van der Waals surface area contributed by atoms with Crippen molar-refractivity contribution in [3.63, 3.8) is 0 Å². The molecule has 2 atom stereocenters. The molecule has 3 aromatic carbocycles. The van der Waals surface area contributed by atoms with Gasteiger partial charge in [-0.05, 0) is 48.4 Å². The second-order valence-corrected chi connectivity index (χ2v) is 8.09. The molecule has 0 saturated carbocycles. The number of halogens is 1. The van der Waals surface area contributed by atoms with Gasteiger partial charge in [0.05, 0.1) is 14.2 Å². The van der Waals surface area contributed by atoms with Gasteiger partial charge in [0.25, 0.3) is 0 Å². The first-order valence-corrected chi connectivity index (χ1v) is 10.8. The van der Waals surface area contributed by atoms with E-state index < -0.39 is 17.3 Å². The van der Waals surface area contributed by atoms with Crippen molar-refractivity contribution < 1.29 is 23.5 Å². The Morgan fingerprint density at radius 3 is 2.24 bits per heavy atom. The second-order valence-electron chi connectivity index (χ2n) is 8.09. The number of esters is 1. The number of carbonyl (C=O) groups excluding carboxylic acids is 2. The number of carbonyl (C=O) groups is 2. The normalized spacial score (nSPS) is 19.8. The van der Waals surface area contributed by atoms with Gasteiger partial charge in [0.1, 0.15) is 11.6 Å². The summed E-state index contributed by atoms with van der Waals surface area (Å²) >= 11 is 0. The lowest BCUT2D eigenvalue weighted by molar-refractivity contribution is -0.149. The van der Waals surface area contributed by atoms with Gasteiger partial charge in [-0.15, -0.1) is 0 Å². The fourth-order valence-electron chi connectivity index (χ4n) is 4.85. The molecule has 0 spiro atoms. The molecule has 0 amide bonds. The molecule has 1 saturated heterocycles. The minimum atomic E-state index is -1.28. The van der Waals surface area contributed by atoms with Gasteiger partial charge in [0.15, 0.2) is 11.3 Å². The molecule has 3 aromatic rings. The number of methoxy groups -OCH3 is 2. The lowest BCUT2D eigenvalue weighted by Gasteiger charge is -2.41. The highest BCUT2D eigenvalue weighted by Crippen LogP contribution is 2.49. The number of anilines is 1. The highest BCUT2D eigenvalue weighted by atomic mass is 19.1. The summed E-state index contributed by atoms with van der Waals surface area (Å²) in [5, 5.41) is 0. The third-order valence-electron chi connectivity index (χ3n) is 6.41. The van der Waals surface area contributed by atoms with Gasteiger partial charge in [-0.2, -0.15) is 0 Å². The Kier molecular flexibility index (Phi) is 6.45. The van der Waals surface area contributed by atoms with Crippen LogP contribution in [0.1, 0.15) is 28.8 Å². The summed E-state index contributed by atoms with van der Waals surface area (Å²) in [6.45, 7) is 0.533. The van der Waals surface area contributed by atoms with E-state index in [4.69, 9.17) is 9.47 Å². The largest absolute Gasteiger partial charge is 0.497 e. The minimum absolute atomic E-state index is 0.0485. The van der Waals surface area contributed by atoms with Crippen LogP contribution in [0.3, 0.4) is 0 Å². The average molecular weight is 448 g/mol. The minimum Gasteiger partial charge on any atom is -0.497 e. The van der Waals surface area contributed by atoms with Crippen LogP contribution in [-0.4, -0.2) is 32.5 Å². The maximum absolute atomic E-state index is 13.8. The summed E-state index contributed by atoms with van der Waals surface area (Å²) in [5.74, 6) is -0.602. The Bertz CT molecular complexity index is 1120. The predicted octanol–water partition coefficient (Wildman–Crippen LogP) is 5.00. The Morgan fingerprint density at radius 1 is 0.970 bits per heavy atom. The van der Waals surface area contributed by atoms with Crippen molar-refractivity contribution in [2.24, 2.45) is 5.92 Å². The molecule has 4 rings (SSSR count). The maximum Gasteiger partial charge on any atom is 0.336 e. The number of benzene rings is 3. The Balaban J connectivity index is 1.83. The lowest BCUT2D eigenvalue weighted by Crippen LogP contribution is -2.53. The van der Waals surface area contributed by atoms with Crippen molar-refractivity contribution in [3.8, 4) is 5.75 Å². The van der Waals surface area contributed by atoms with Gasteiger partial charge < -0.3 is 14.4 Å². The van der Waals surface area contributed by atoms with Crippen LogP contribution in [0.2, 0.25) is 0 Å². The molecule has 170 valence electrons. The van der Waals surface area contributed by atoms with Crippen LogP contribution in [-0.2, 0) is 15.1 Å². The zero-order chi connectivity index (χ0) is 23.4. The molecule has 0 N–H and O–H groups in total. The summed E-state index contributed by atoms with van der Waals surface area (Å²) in [5.41, 5.74) is 0.704. The van der Waals surface area contributed by atoms with E-state index in [2.05, 4.69) is 0 Å². The first-order chi connectivity index (χ1) is 16.0. The van der Waals surface area contributed by atoms with E-state index in [1.54, 1.807) is 31.4 Å².